The minimum absolute atomic E-state index is 0.174. The summed E-state index contributed by atoms with van der Waals surface area (Å²) < 4.78 is 32.6. The molecule has 0 bridgehead atoms. The second-order valence-electron chi connectivity index (χ2n) is 5.36. The number of nitrogens with one attached hydrogen (secondary N) is 1. The molecule has 0 unspecified atom stereocenters. The summed E-state index contributed by atoms with van der Waals surface area (Å²) in [7, 11) is -3.53. The molecule has 118 valence electrons. The first-order chi connectivity index (χ1) is 10.1. The van der Waals surface area contributed by atoms with E-state index in [9.17, 15) is 13.5 Å². The molecule has 0 atom stereocenters. The van der Waals surface area contributed by atoms with Crippen LogP contribution in [0, 0.1) is 5.92 Å². The maximum atomic E-state index is 12.3. The van der Waals surface area contributed by atoms with Crippen LogP contribution in [0.5, 0.6) is 5.75 Å². The fourth-order valence-corrected chi connectivity index (χ4v) is 3.83. The van der Waals surface area contributed by atoms with Gasteiger partial charge >= 0.3 is 0 Å². The van der Waals surface area contributed by atoms with Gasteiger partial charge in [-0.25, -0.2) is 13.1 Å². The van der Waals surface area contributed by atoms with Crippen molar-refractivity contribution >= 4 is 10.0 Å². The monoisotopic (exact) mass is 313 g/mol. The van der Waals surface area contributed by atoms with Crippen molar-refractivity contribution in [1.82, 2.24) is 4.72 Å². The van der Waals surface area contributed by atoms with Gasteiger partial charge in [0.15, 0.2) is 0 Å². The number of aliphatic hydroxyl groups is 1. The highest BCUT2D eigenvalue weighted by Crippen LogP contribution is 2.25. The van der Waals surface area contributed by atoms with Crippen LogP contribution in [0.4, 0.5) is 0 Å². The van der Waals surface area contributed by atoms with E-state index in [-0.39, 0.29) is 11.5 Å². The van der Waals surface area contributed by atoms with Gasteiger partial charge in [0, 0.05) is 12.1 Å². The summed E-state index contributed by atoms with van der Waals surface area (Å²) in [5.74, 6) is 0.967. The second kappa shape index (κ2) is 7.24. The molecule has 2 rings (SSSR count). The molecule has 21 heavy (non-hydrogen) atoms. The number of aliphatic hydroxyl groups excluding tert-OH is 1. The molecule has 0 radical (unpaired) electrons. The molecule has 1 aliphatic rings. The topological polar surface area (TPSA) is 75.6 Å². The SMILES string of the molecule is CCOc1ccc(S(=O)(=O)NCC2CCCC2)cc1CO. The van der Waals surface area contributed by atoms with E-state index in [0.717, 1.165) is 12.8 Å². The van der Waals surface area contributed by atoms with Crippen molar-refractivity contribution in [2.45, 2.75) is 44.1 Å². The molecule has 1 aromatic carbocycles. The Morgan fingerprint density at radius 1 is 1.33 bits per heavy atom. The third kappa shape index (κ3) is 4.18. The molecule has 0 amide bonds. The van der Waals surface area contributed by atoms with Gasteiger partial charge < -0.3 is 9.84 Å². The highest BCUT2D eigenvalue weighted by molar-refractivity contribution is 7.89. The largest absolute Gasteiger partial charge is 0.494 e. The van der Waals surface area contributed by atoms with Crippen LogP contribution >= 0.6 is 0 Å². The number of ether oxygens (including phenoxy) is 1. The summed E-state index contributed by atoms with van der Waals surface area (Å²) in [5.41, 5.74) is 0.487. The lowest BCUT2D eigenvalue weighted by Crippen LogP contribution is -2.28. The van der Waals surface area contributed by atoms with Gasteiger partial charge in [-0.1, -0.05) is 12.8 Å². The van der Waals surface area contributed by atoms with Crippen LogP contribution in [0.1, 0.15) is 38.2 Å². The summed E-state index contributed by atoms with van der Waals surface area (Å²) in [4.78, 5) is 0.174. The van der Waals surface area contributed by atoms with Crippen molar-refractivity contribution < 1.29 is 18.3 Å². The zero-order valence-electron chi connectivity index (χ0n) is 12.3. The summed E-state index contributed by atoms with van der Waals surface area (Å²) in [5, 5.41) is 9.34. The van der Waals surface area contributed by atoms with Gasteiger partial charge in [-0.3, -0.25) is 0 Å². The lowest BCUT2D eigenvalue weighted by Gasteiger charge is -2.13. The average molecular weight is 313 g/mol. The first kappa shape index (κ1) is 16.3. The molecule has 1 saturated carbocycles. The molecular formula is C15H23NO4S. The van der Waals surface area contributed by atoms with Gasteiger partial charge in [0.25, 0.3) is 0 Å². The van der Waals surface area contributed by atoms with E-state index in [4.69, 9.17) is 4.74 Å². The quantitative estimate of drug-likeness (QED) is 0.808. The van der Waals surface area contributed by atoms with Crippen LogP contribution in [-0.2, 0) is 16.6 Å². The molecule has 2 N–H and O–H groups in total. The lowest BCUT2D eigenvalue weighted by molar-refractivity contribution is 0.266. The molecule has 0 saturated heterocycles. The van der Waals surface area contributed by atoms with Gasteiger partial charge in [-0.2, -0.15) is 0 Å². The Hall–Kier alpha value is -1.11. The third-order valence-corrected chi connectivity index (χ3v) is 5.27. The Balaban J connectivity index is 2.11. The van der Waals surface area contributed by atoms with Crippen molar-refractivity contribution in [2.75, 3.05) is 13.2 Å². The van der Waals surface area contributed by atoms with Crippen LogP contribution < -0.4 is 9.46 Å². The number of hydrogen-bond donors (Lipinski definition) is 2. The number of benzene rings is 1. The van der Waals surface area contributed by atoms with Crippen molar-refractivity contribution in [2.24, 2.45) is 5.92 Å². The van der Waals surface area contributed by atoms with Crippen LogP contribution in [0.25, 0.3) is 0 Å². The van der Waals surface area contributed by atoms with Crippen molar-refractivity contribution in [3.63, 3.8) is 0 Å². The van der Waals surface area contributed by atoms with Gasteiger partial charge in [0.1, 0.15) is 5.75 Å². The van der Waals surface area contributed by atoms with E-state index in [1.807, 2.05) is 6.92 Å². The van der Waals surface area contributed by atoms with E-state index >= 15 is 0 Å². The minimum Gasteiger partial charge on any atom is -0.494 e. The van der Waals surface area contributed by atoms with Crippen LogP contribution in [-0.4, -0.2) is 26.7 Å². The molecular weight excluding hydrogens is 290 g/mol. The standard InChI is InChI=1S/C15H23NO4S/c1-2-20-15-8-7-14(9-13(15)11-17)21(18,19)16-10-12-5-3-4-6-12/h7-9,12,16-17H,2-6,10-11H2,1H3. The summed E-state index contributed by atoms with van der Waals surface area (Å²) in [6.45, 7) is 2.55. The molecule has 0 aliphatic heterocycles. The second-order valence-corrected chi connectivity index (χ2v) is 7.13. The molecule has 1 aromatic rings. The third-order valence-electron chi connectivity index (χ3n) is 3.85. The van der Waals surface area contributed by atoms with E-state index in [1.54, 1.807) is 6.07 Å². The fourth-order valence-electron chi connectivity index (χ4n) is 2.67. The van der Waals surface area contributed by atoms with E-state index < -0.39 is 10.0 Å². The number of sulfonamides is 1. The summed E-state index contributed by atoms with van der Waals surface area (Å²) >= 11 is 0. The summed E-state index contributed by atoms with van der Waals surface area (Å²) in [6, 6.07) is 4.59. The van der Waals surface area contributed by atoms with E-state index in [2.05, 4.69) is 4.72 Å². The Morgan fingerprint density at radius 3 is 2.67 bits per heavy atom. The molecule has 0 heterocycles. The number of hydrogen-bond acceptors (Lipinski definition) is 4. The van der Waals surface area contributed by atoms with Crippen LogP contribution in [0.15, 0.2) is 23.1 Å². The predicted octanol–water partition coefficient (Wildman–Crippen LogP) is 2.05. The van der Waals surface area contributed by atoms with Crippen molar-refractivity contribution in [3.8, 4) is 5.75 Å². The highest BCUT2D eigenvalue weighted by Gasteiger charge is 2.20. The molecule has 6 heteroatoms. The maximum Gasteiger partial charge on any atom is 0.240 e. The molecule has 1 aliphatic carbocycles. The Morgan fingerprint density at radius 2 is 2.05 bits per heavy atom. The maximum absolute atomic E-state index is 12.3. The van der Waals surface area contributed by atoms with Gasteiger partial charge in [0.05, 0.1) is 18.1 Å². The normalized spacial score (nSPS) is 16.3. The molecule has 0 aromatic heterocycles. The first-order valence-electron chi connectivity index (χ1n) is 7.43. The van der Waals surface area contributed by atoms with Gasteiger partial charge in [-0.15, -0.1) is 0 Å². The van der Waals surface area contributed by atoms with Gasteiger partial charge in [-0.05, 0) is 43.9 Å². The Kier molecular flexibility index (Phi) is 5.61. The zero-order chi connectivity index (χ0) is 15.3. The van der Waals surface area contributed by atoms with Crippen molar-refractivity contribution in [3.05, 3.63) is 23.8 Å². The van der Waals surface area contributed by atoms with E-state index in [0.29, 0.717) is 30.4 Å². The van der Waals surface area contributed by atoms with E-state index in [1.165, 1.54) is 25.0 Å². The zero-order valence-corrected chi connectivity index (χ0v) is 13.2. The lowest BCUT2D eigenvalue weighted by atomic mass is 10.1. The van der Waals surface area contributed by atoms with Crippen LogP contribution in [0.3, 0.4) is 0 Å². The predicted molar refractivity (Wildman–Crippen MR) is 80.7 cm³/mol. The van der Waals surface area contributed by atoms with Crippen molar-refractivity contribution in [1.29, 1.82) is 0 Å². The molecule has 5 nitrogen and oxygen atoms in total. The minimum atomic E-state index is -3.53. The first-order valence-corrected chi connectivity index (χ1v) is 8.91. The Labute approximate surface area is 126 Å². The molecule has 1 fully saturated rings. The highest BCUT2D eigenvalue weighted by atomic mass is 32.2. The average Bonchev–Trinajstić information content (AvgIpc) is 2.99. The van der Waals surface area contributed by atoms with Crippen LogP contribution in [0.2, 0.25) is 0 Å². The Bertz CT molecular complexity index is 565. The fraction of sp³-hybridized carbons (Fsp3) is 0.600. The summed E-state index contributed by atoms with van der Waals surface area (Å²) in [6.07, 6.45) is 4.55. The molecule has 0 spiro atoms. The smallest absolute Gasteiger partial charge is 0.240 e. The number of rotatable bonds is 7. The van der Waals surface area contributed by atoms with Gasteiger partial charge in [0.2, 0.25) is 10.0 Å².